The highest BCUT2D eigenvalue weighted by molar-refractivity contribution is 5.71. The number of esters is 3. The molecule has 6 nitrogen and oxygen atoms in total. The summed E-state index contributed by atoms with van der Waals surface area (Å²) in [6.45, 7) is 6.48. The Hall–Kier alpha value is -3.67. The van der Waals surface area contributed by atoms with Crippen LogP contribution in [0.3, 0.4) is 0 Å². The van der Waals surface area contributed by atoms with E-state index in [9.17, 15) is 14.4 Å². The minimum Gasteiger partial charge on any atom is -0.462 e. The number of ether oxygens (including phenoxy) is 3. The van der Waals surface area contributed by atoms with Crippen molar-refractivity contribution in [2.75, 3.05) is 13.2 Å². The van der Waals surface area contributed by atoms with Crippen molar-refractivity contribution in [3.8, 4) is 0 Å². The van der Waals surface area contributed by atoms with Gasteiger partial charge in [0.05, 0.1) is 0 Å². The normalized spacial score (nSPS) is 12.7. The van der Waals surface area contributed by atoms with Gasteiger partial charge in [0.15, 0.2) is 6.10 Å². The lowest BCUT2D eigenvalue weighted by atomic mass is 10.0. The summed E-state index contributed by atoms with van der Waals surface area (Å²) in [5, 5.41) is 0. The SMILES string of the molecule is CC/C=C\C/C=C\C/C=C\C/C=C\C/C=C\CCCCCCCCCCCCCCCCCC(=O)OCC(COC(=O)CCCCCCC/C=C\C/C=C\CCC)OC(=O)CCCCCCCCC/C=C\CCCCCCCCC. The molecule has 0 spiro atoms. The van der Waals surface area contributed by atoms with E-state index in [-0.39, 0.29) is 31.1 Å². The van der Waals surface area contributed by atoms with Gasteiger partial charge in [-0.1, -0.05) is 298 Å². The van der Waals surface area contributed by atoms with E-state index in [2.05, 4.69) is 118 Å². The lowest BCUT2D eigenvalue weighted by Crippen LogP contribution is -2.30. The average molecular weight is 1110 g/mol. The van der Waals surface area contributed by atoms with Gasteiger partial charge in [0.25, 0.3) is 0 Å². The fourth-order valence-electron chi connectivity index (χ4n) is 9.68. The molecule has 0 rings (SSSR count). The van der Waals surface area contributed by atoms with Gasteiger partial charge in [0.1, 0.15) is 13.2 Å². The van der Waals surface area contributed by atoms with Gasteiger partial charge in [0.2, 0.25) is 0 Å². The summed E-state index contributed by atoms with van der Waals surface area (Å²) in [4.78, 5) is 38.4. The number of hydrogen-bond acceptors (Lipinski definition) is 6. The average Bonchev–Trinajstić information content (AvgIpc) is 3.46. The number of hydrogen-bond donors (Lipinski definition) is 0. The van der Waals surface area contributed by atoms with E-state index in [0.29, 0.717) is 19.3 Å². The number of allylic oxidation sites excluding steroid dienone is 16. The highest BCUT2D eigenvalue weighted by atomic mass is 16.6. The van der Waals surface area contributed by atoms with Gasteiger partial charge in [-0.05, 0) is 116 Å². The second kappa shape index (κ2) is 67.8. The molecular formula is C74H128O6. The Labute approximate surface area is 496 Å². The van der Waals surface area contributed by atoms with Crippen LogP contribution in [0.1, 0.15) is 335 Å². The van der Waals surface area contributed by atoms with Crippen molar-refractivity contribution in [2.24, 2.45) is 0 Å². The smallest absolute Gasteiger partial charge is 0.306 e. The summed E-state index contributed by atoms with van der Waals surface area (Å²) in [7, 11) is 0. The van der Waals surface area contributed by atoms with Gasteiger partial charge in [-0.3, -0.25) is 14.4 Å². The lowest BCUT2D eigenvalue weighted by Gasteiger charge is -2.18. The first-order valence-electron chi connectivity index (χ1n) is 34.2. The summed E-state index contributed by atoms with van der Waals surface area (Å²) in [6.07, 6.45) is 91.4. The van der Waals surface area contributed by atoms with Crippen molar-refractivity contribution in [1.82, 2.24) is 0 Å². The molecule has 1 atom stereocenters. The lowest BCUT2D eigenvalue weighted by molar-refractivity contribution is -0.167. The predicted octanol–water partition coefficient (Wildman–Crippen LogP) is 23.6. The fraction of sp³-hybridized carbons (Fsp3) is 0.743. The summed E-state index contributed by atoms with van der Waals surface area (Å²) in [5.41, 5.74) is 0. The molecule has 0 aromatic rings. The number of rotatable bonds is 62. The molecule has 0 aliphatic rings. The molecule has 80 heavy (non-hydrogen) atoms. The van der Waals surface area contributed by atoms with E-state index < -0.39 is 6.10 Å². The van der Waals surface area contributed by atoms with Crippen LogP contribution in [0, 0.1) is 0 Å². The first-order chi connectivity index (χ1) is 39.5. The van der Waals surface area contributed by atoms with Crippen molar-refractivity contribution in [3.63, 3.8) is 0 Å². The molecule has 460 valence electrons. The van der Waals surface area contributed by atoms with Gasteiger partial charge in [-0.2, -0.15) is 0 Å². The van der Waals surface area contributed by atoms with Crippen molar-refractivity contribution in [2.45, 2.75) is 341 Å². The van der Waals surface area contributed by atoms with Crippen LogP contribution in [-0.4, -0.2) is 37.2 Å². The van der Waals surface area contributed by atoms with Gasteiger partial charge in [-0.15, -0.1) is 0 Å². The van der Waals surface area contributed by atoms with Gasteiger partial charge in [0, 0.05) is 19.3 Å². The van der Waals surface area contributed by atoms with E-state index >= 15 is 0 Å². The van der Waals surface area contributed by atoms with E-state index in [1.54, 1.807) is 0 Å². The van der Waals surface area contributed by atoms with E-state index in [0.717, 1.165) is 116 Å². The van der Waals surface area contributed by atoms with E-state index in [4.69, 9.17) is 14.2 Å². The molecule has 0 saturated carbocycles. The Kier molecular flexibility index (Phi) is 64.7. The Bertz CT molecular complexity index is 1560. The Morgan fingerprint density at radius 1 is 0.263 bits per heavy atom. The van der Waals surface area contributed by atoms with Crippen LogP contribution in [0.15, 0.2) is 97.2 Å². The maximum absolute atomic E-state index is 12.9. The molecule has 0 aromatic heterocycles. The van der Waals surface area contributed by atoms with Gasteiger partial charge < -0.3 is 14.2 Å². The molecule has 6 heteroatoms. The predicted molar refractivity (Wildman–Crippen MR) is 348 cm³/mol. The summed E-state index contributed by atoms with van der Waals surface area (Å²) in [5.74, 6) is -0.887. The van der Waals surface area contributed by atoms with Crippen LogP contribution in [0.25, 0.3) is 0 Å². The molecule has 0 radical (unpaired) electrons. The fourth-order valence-corrected chi connectivity index (χ4v) is 9.68. The Morgan fingerprint density at radius 3 is 0.825 bits per heavy atom. The highest BCUT2D eigenvalue weighted by Crippen LogP contribution is 2.17. The first kappa shape index (κ1) is 76.3. The monoisotopic (exact) mass is 1110 g/mol. The highest BCUT2D eigenvalue weighted by Gasteiger charge is 2.19. The molecule has 1 unspecified atom stereocenters. The number of carbonyl (C=O) groups excluding carboxylic acids is 3. The van der Waals surface area contributed by atoms with E-state index in [1.807, 2.05) is 0 Å². The molecule has 0 aromatic carbocycles. The van der Waals surface area contributed by atoms with Crippen LogP contribution >= 0.6 is 0 Å². The topological polar surface area (TPSA) is 78.9 Å². The zero-order valence-corrected chi connectivity index (χ0v) is 52.8. The molecule has 0 N–H and O–H groups in total. The van der Waals surface area contributed by atoms with Crippen LogP contribution < -0.4 is 0 Å². The van der Waals surface area contributed by atoms with Crippen LogP contribution in [0.5, 0.6) is 0 Å². The second-order valence-electron chi connectivity index (χ2n) is 22.7. The van der Waals surface area contributed by atoms with Crippen LogP contribution in [0.2, 0.25) is 0 Å². The molecule has 0 bridgehead atoms. The quantitative estimate of drug-likeness (QED) is 0.0261. The Morgan fingerprint density at radius 2 is 0.512 bits per heavy atom. The minimum atomic E-state index is -0.786. The third-order valence-corrected chi connectivity index (χ3v) is 14.8. The van der Waals surface area contributed by atoms with Crippen LogP contribution in [-0.2, 0) is 28.6 Å². The van der Waals surface area contributed by atoms with Crippen LogP contribution in [0.4, 0.5) is 0 Å². The molecule has 0 amide bonds. The molecule has 0 saturated heterocycles. The third kappa shape index (κ3) is 65.1. The molecule has 0 heterocycles. The Balaban J connectivity index is 4.22. The van der Waals surface area contributed by atoms with Crippen molar-refractivity contribution in [3.05, 3.63) is 97.2 Å². The summed E-state index contributed by atoms with van der Waals surface area (Å²) >= 11 is 0. The van der Waals surface area contributed by atoms with Gasteiger partial charge >= 0.3 is 17.9 Å². The first-order valence-corrected chi connectivity index (χ1v) is 34.2. The van der Waals surface area contributed by atoms with E-state index in [1.165, 1.54) is 180 Å². The standard InChI is InChI=1S/C74H128O6/c1-4-7-10-13-16-19-22-25-27-29-31-32-33-34-35-36-37-38-39-40-41-42-43-45-46-49-52-55-58-61-64-67-73(76)79-70-71(69-78-72(75)66-63-60-57-54-51-48-24-21-18-15-12-9-6-3)80-74(77)68-65-62-59-56-53-50-47-44-30-28-26-23-20-17-14-11-8-5-2/h7,10,12,15-16,19,21,24-25,27-28,30-32,34-35,71H,4-6,8-9,11,13-14,17-18,20,22-23,26,29,33,36-70H2,1-3H3/b10-7-,15-12-,19-16-,24-21-,27-25-,30-28-,32-31-,35-34-. The van der Waals surface area contributed by atoms with Crippen molar-refractivity contribution in [1.29, 1.82) is 0 Å². The summed E-state index contributed by atoms with van der Waals surface area (Å²) < 4.78 is 16.9. The molecule has 0 aliphatic carbocycles. The van der Waals surface area contributed by atoms with Crippen molar-refractivity contribution >= 4 is 17.9 Å². The molecular weight excluding hydrogens is 985 g/mol. The zero-order valence-electron chi connectivity index (χ0n) is 52.8. The second-order valence-corrected chi connectivity index (χ2v) is 22.7. The largest absolute Gasteiger partial charge is 0.462 e. The third-order valence-electron chi connectivity index (χ3n) is 14.8. The summed E-state index contributed by atoms with van der Waals surface area (Å²) in [6, 6.07) is 0. The minimum absolute atomic E-state index is 0.0813. The number of unbranched alkanes of at least 4 members (excludes halogenated alkanes) is 35. The number of carbonyl (C=O) groups is 3. The van der Waals surface area contributed by atoms with Gasteiger partial charge in [-0.25, -0.2) is 0 Å². The maximum Gasteiger partial charge on any atom is 0.306 e. The maximum atomic E-state index is 12.9. The van der Waals surface area contributed by atoms with Crippen molar-refractivity contribution < 1.29 is 28.6 Å². The molecule has 0 fully saturated rings. The zero-order chi connectivity index (χ0) is 57.8. The molecule has 0 aliphatic heterocycles.